The monoisotopic (exact) mass is 307 g/mol. The molecule has 0 radical (unpaired) electrons. The fourth-order valence-electron chi connectivity index (χ4n) is 2.08. The summed E-state index contributed by atoms with van der Waals surface area (Å²) in [6.07, 6.45) is 1.06. The molecule has 0 aromatic heterocycles. The van der Waals surface area contributed by atoms with Crippen LogP contribution < -0.4 is 5.32 Å². The Balaban J connectivity index is 1.72. The lowest BCUT2D eigenvalue weighted by molar-refractivity contribution is -0.121. The first kappa shape index (κ1) is 16.1. The van der Waals surface area contributed by atoms with Gasteiger partial charge in [0.1, 0.15) is 5.82 Å². The van der Waals surface area contributed by atoms with E-state index in [1.165, 1.54) is 18.2 Å². The second kappa shape index (κ2) is 7.64. The van der Waals surface area contributed by atoms with Crippen LogP contribution in [0.4, 0.5) is 13.2 Å². The first-order valence-electron chi connectivity index (χ1n) is 6.99. The zero-order valence-electron chi connectivity index (χ0n) is 11.9. The first-order chi connectivity index (χ1) is 10.5. The van der Waals surface area contributed by atoms with Crippen molar-refractivity contribution in [2.45, 2.75) is 19.3 Å². The summed E-state index contributed by atoms with van der Waals surface area (Å²) in [5, 5.41) is 2.72. The van der Waals surface area contributed by atoms with Crippen LogP contribution in [0, 0.1) is 17.5 Å². The van der Waals surface area contributed by atoms with Crippen molar-refractivity contribution in [3.63, 3.8) is 0 Å². The Morgan fingerprint density at radius 1 is 0.909 bits per heavy atom. The van der Waals surface area contributed by atoms with E-state index in [1.807, 2.05) is 0 Å². The van der Waals surface area contributed by atoms with Gasteiger partial charge in [-0.2, -0.15) is 0 Å². The maximum absolute atomic E-state index is 13.0. The van der Waals surface area contributed by atoms with Crippen molar-refractivity contribution in [1.29, 1.82) is 0 Å². The Kier molecular flexibility index (Phi) is 5.58. The van der Waals surface area contributed by atoms with E-state index >= 15 is 0 Å². The summed E-state index contributed by atoms with van der Waals surface area (Å²) in [7, 11) is 0. The molecule has 0 spiro atoms. The molecule has 5 heteroatoms. The Morgan fingerprint density at radius 2 is 1.68 bits per heavy atom. The number of hydrogen-bond donors (Lipinski definition) is 1. The molecule has 0 fully saturated rings. The smallest absolute Gasteiger partial charge is 0.220 e. The molecular formula is C17H16F3NO. The molecule has 1 N–H and O–H groups in total. The van der Waals surface area contributed by atoms with Crippen LogP contribution in [-0.2, 0) is 17.6 Å². The molecule has 0 atom stereocenters. The van der Waals surface area contributed by atoms with Gasteiger partial charge < -0.3 is 5.32 Å². The van der Waals surface area contributed by atoms with Gasteiger partial charge in [0.25, 0.3) is 0 Å². The Labute approximate surface area is 127 Å². The number of benzene rings is 2. The molecule has 2 rings (SSSR count). The summed E-state index contributed by atoms with van der Waals surface area (Å²) in [6.45, 7) is 0.403. The van der Waals surface area contributed by atoms with E-state index in [4.69, 9.17) is 0 Å². The molecule has 2 aromatic rings. The van der Waals surface area contributed by atoms with Crippen LogP contribution in [0.2, 0.25) is 0 Å². The normalized spacial score (nSPS) is 10.5. The van der Waals surface area contributed by atoms with E-state index in [0.717, 1.165) is 17.7 Å². The predicted molar refractivity (Wildman–Crippen MR) is 77.8 cm³/mol. The van der Waals surface area contributed by atoms with Crippen LogP contribution in [0.1, 0.15) is 17.5 Å². The number of nitrogens with one attached hydrogen (secondary N) is 1. The van der Waals surface area contributed by atoms with Gasteiger partial charge in [-0.05, 0) is 48.2 Å². The highest BCUT2D eigenvalue weighted by molar-refractivity contribution is 5.76. The first-order valence-corrected chi connectivity index (χ1v) is 6.99. The van der Waals surface area contributed by atoms with Crippen LogP contribution in [0.5, 0.6) is 0 Å². The van der Waals surface area contributed by atoms with Gasteiger partial charge in [-0.1, -0.05) is 18.2 Å². The van der Waals surface area contributed by atoms with Crippen molar-refractivity contribution in [3.05, 3.63) is 71.0 Å². The number of aryl methyl sites for hydroxylation is 1. The summed E-state index contributed by atoms with van der Waals surface area (Å²) >= 11 is 0. The number of carbonyl (C=O) groups excluding carboxylic acids is 1. The van der Waals surface area contributed by atoms with E-state index in [1.54, 1.807) is 12.1 Å². The molecule has 0 saturated carbocycles. The van der Waals surface area contributed by atoms with Gasteiger partial charge in [-0.3, -0.25) is 4.79 Å². The number of amides is 1. The third kappa shape index (κ3) is 4.91. The van der Waals surface area contributed by atoms with E-state index < -0.39 is 11.6 Å². The fourth-order valence-corrected chi connectivity index (χ4v) is 2.08. The van der Waals surface area contributed by atoms with E-state index in [0.29, 0.717) is 24.9 Å². The largest absolute Gasteiger partial charge is 0.356 e. The predicted octanol–water partition coefficient (Wildman–Crippen LogP) is 3.40. The molecule has 0 saturated heterocycles. The number of halogens is 3. The lowest BCUT2D eigenvalue weighted by atomic mass is 10.1. The van der Waals surface area contributed by atoms with Crippen LogP contribution in [0.25, 0.3) is 0 Å². The van der Waals surface area contributed by atoms with Crippen LogP contribution in [0.3, 0.4) is 0 Å². The molecule has 0 unspecified atom stereocenters. The fraction of sp³-hybridized carbons (Fsp3) is 0.235. The van der Waals surface area contributed by atoms with Crippen molar-refractivity contribution in [3.8, 4) is 0 Å². The maximum atomic E-state index is 13.0. The topological polar surface area (TPSA) is 29.1 Å². The molecule has 2 nitrogen and oxygen atoms in total. The van der Waals surface area contributed by atoms with Gasteiger partial charge >= 0.3 is 0 Å². The minimum Gasteiger partial charge on any atom is -0.356 e. The Bertz CT molecular complexity index is 658. The SMILES string of the molecule is O=C(CCc1ccc(F)c(F)c1)NCCc1cccc(F)c1. The quantitative estimate of drug-likeness (QED) is 0.871. The van der Waals surface area contributed by atoms with Gasteiger partial charge in [0.05, 0.1) is 0 Å². The van der Waals surface area contributed by atoms with Gasteiger partial charge in [-0.25, -0.2) is 13.2 Å². The minimum absolute atomic E-state index is 0.180. The lowest BCUT2D eigenvalue weighted by Gasteiger charge is -2.06. The number of rotatable bonds is 6. The molecule has 0 bridgehead atoms. The second-order valence-electron chi connectivity index (χ2n) is 4.98. The number of carbonyl (C=O) groups is 1. The molecular weight excluding hydrogens is 291 g/mol. The minimum atomic E-state index is -0.913. The molecule has 1 amide bonds. The zero-order chi connectivity index (χ0) is 15.9. The summed E-state index contributed by atoms with van der Waals surface area (Å²) < 4.78 is 38.8. The van der Waals surface area contributed by atoms with Crippen molar-refractivity contribution < 1.29 is 18.0 Å². The molecule has 22 heavy (non-hydrogen) atoms. The van der Waals surface area contributed by atoms with Crippen LogP contribution in [-0.4, -0.2) is 12.5 Å². The van der Waals surface area contributed by atoms with Crippen molar-refractivity contribution >= 4 is 5.91 Å². The maximum Gasteiger partial charge on any atom is 0.220 e. The van der Waals surface area contributed by atoms with Gasteiger partial charge in [0.2, 0.25) is 5.91 Å². The summed E-state index contributed by atoms with van der Waals surface area (Å²) in [5.41, 5.74) is 1.38. The highest BCUT2D eigenvalue weighted by atomic mass is 19.2. The zero-order valence-corrected chi connectivity index (χ0v) is 11.9. The Morgan fingerprint density at radius 3 is 2.41 bits per heavy atom. The average Bonchev–Trinajstić information content (AvgIpc) is 2.48. The van der Waals surface area contributed by atoms with Crippen molar-refractivity contribution in [2.75, 3.05) is 6.54 Å². The van der Waals surface area contributed by atoms with Crippen molar-refractivity contribution in [2.24, 2.45) is 0 Å². The number of hydrogen-bond acceptors (Lipinski definition) is 1. The van der Waals surface area contributed by atoms with Gasteiger partial charge in [0.15, 0.2) is 11.6 Å². The molecule has 0 aliphatic heterocycles. The van der Waals surface area contributed by atoms with Crippen LogP contribution >= 0.6 is 0 Å². The van der Waals surface area contributed by atoms with Gasteiger partial charge in [-0.15, -0.1) is 0 Å². The van der Waals surface area contributed by atoms with Crippen molar-refractivity contribution in [1.82, 2.24) is 5.32 Å². The standard InChI is InChI=1S/C17H16F3NO/c18-14-3-1-2-12(10-14)8-9-21-17(22)7-5-13-4-6-15(19)16(20)11-13/h1-4,6,10-11H,5,7-9H2,(H,21,22). The second-order valence-corrected chi connectivity index (χ2v) is 4.98. The molecule has 0 heterocycles. The van der Waals surface area contributed by atoms with E-state index in [-0.39, 0.29) is 18.1 Å². The molecule has 0 aliphatic carbocycles. The van der Waals surface area contributed by atoms with Gasteiger partial charge in [0, 0.05) is 13.0 Å². The van der Waals surface area contributed by atoms with Crippen LogP contribution in [0.15, 0.2) is 42.5 Å². The highest BCUT2D eigenvalue weighted by Crippen LogP contribution is 2.10. The molecule has 2 aromatic carbocycles. The molecule has 0 aliphatic rings. The highest BCUT2D eigenvalue weighted by Gasteiger charge is 2.06. The average molecular weight is 307 g/mol. The summed E-state index contributed by atoms with van der Waals surface area (Å²) in [5.74, 6) is -2.30. The summed E-state index contributed by atoms with van der Waals surface area (Å²) in [6, 6.07) is 9.80. The third-order valence-corrected chi connectivity index (χ3v) is 3.25. The summed E-state index contributed by atoms with van der Waals surface area (Å²) in [4.78, 5) is 11.7. The molecule has 116 valence electrons. The van der Waals surface area contributed by atoms with E-state index in [9.17, 15) is 18.0 Å². The third-order valence-electron chi connectivity index (χ3n) is 3.25. The lowest BCUT2D eigenvalue weighted by Crippen LogP contribution is -2.25. The van der Waals surface area contributed by atoms with E-state index in [2.05, 4.69) is 5.32 Å². The Hall–Kier alpha value is -2.30.